The van der Waals surface area contributed by atoms with Crippen LogP contribution in [0.15, 0.2) is 112 Å². The Bertz CT molecular complexity index is 1650. The summed E-state index contributed by atoms with van der Waals surface area (Å²) < 4.78 is 16.8. The van der Waals surface area contributed by atoms with Gasteiger partial charge in [0, 0.05) is 10.0 Å². The molecule has 0 unspecified atom stereocenters. The van der Waals surface area contributed by atoms with Crippen LogP contribution in [0, 0.1) is 0 Å². The first-order chi connectivity index (χ1) is 20.0. The van der Waals surface area contributed by atoms with Gasteiger partial charge in [0.05, 0.1) is 11.8 Å². The predicted molar refractivity (Wildman–Crippen MR) is 156 cm³/mol. The first kappa shape index (κ1) is 27.4. The zero-order valence-electron chi connectivity index (χ0n) is 21.4. The Hall–Kier alpha value is -5.22. The van der Waals surface area contributed by atoms with Crippen molar-refractivity contribution >= 4 is 46.0 Å². The van der Waals surface area contributed by atoms with Crippen LogP contribution in [0.5, 0.6) is 17.2 Å². The Labute approximate surface area is 243 Å². The molecule has 4 aromatic rings. The second-order valence-corrected chi connectivity index (χ2v) is 9.48. The topological polar surface area (TPSA) is 115 Å². The van der Waals surface area contributed by atoms with Crippen molar-refractivity contribution < 1.29 is 28.6 Å². The molecule has 0 aromatic heterocycles. The van der Waals surface area contributed by atoms with Gasteiger partial charge in [-0.3, -0.25) is 9.59 Å². The van der Waals surface area contributed by atoms with Gasteiger partial charge in [0.25, 0.3) is 11.8 Å². The number of nitrogens with zero attached hydrogens (tertiary/aromatic N) is 1. The van der Waals surface area contributed by atoms with Crippen LogP contribution in [0.25, 0.3) is 6.08 Å². The third-order valence-corrected chi connectivity index (χ3v) is 6.49. The van der Waals surface area contributed by atoms with Crippen LogP contribution in [0.3, 0.4) is 0 Å². The summed E-state index contributed by atoms with van der Waals surface area (Å²) in [6.07, 6.45) is 2.94. The number of rotatable bonds is 8. The van der Waals surface area contributed by atoms with E-state index in [0.29, 0.717) is 44.0 Å². The van der Waals surface area contributed by atoms with Crippen LogP contribution >= 0.6 is 15.9 Å². The van der Waals surface area contributed by atoms with Crippen LogP contribution in [-0.4, -0.2) is 30.8 Å². The van der Waals surface area contributed by atoms with Crippen molar-refractivity contribution in [1.82, 2.24) is 10.7 Å². The van der Waals surface area contributed by atoms with Gasteiger partial charge in [-0.15, -0.1) is 0 Å². The lowest BCUT2D eigenvalue weighted by atomic mass is 10.1. The molecule has 1 heterocycles. The lowest BCUT2D eigenvalue weighted by Gasteiger charge is -2.09. The Morgan fingerprint density at radius 1 is 0.829 bits per heavy atom. The summed E-state index contributed by atoms with van der Waals surface area (Å²) in [6, 6.07) is 27.3. The summed E-state index contributed by atoms with van der Waals surface area (Å²) in [5, 5.41) is 6.67. The van der Waals surface area contributed by atoms with Crippen molar-refractivity contribution in [3.63, 3.8) is 0 Å². The molecule has 2 N–H and O–H groups in total. The minimum Gasteiger partial charge on any atom is -0.454 e. The molecule has 1 aliphatic heterocycles. The number of nitrogens with one attached hydrogen (secondary N) is 2. The van der Waals surface area contributed by atoms with Crippen LogP contribution in [0.2, 0.25) is 0 Å². The number of benzene rings is 4. The number of hydrazone groups is 1. The number of ether oxygens (including phenoxy) is 3. The lowest BCUT2D eigenvalue weighted by molar-refractivity contribution is -0.117. The Morgan fingerprint density at radius 3 is 2.32 bits per heavy atom. The Morgan fingerprint density at radius 2 is 1.54 bits per heavy atom. The highest BCUT2D eigenvalue weighted by Crippen LogP contribution is 2.33. The molecule has 9 nitrogen and oxygen atoms in total. The molecule has 0 radical (unpaired) electrons. The van der Waals surface area contributed by atoms with Gasteiger partial charge >= 0.3 is 5.97 Å². The maximum Gasteiger partial charge on any atom is 0.344 e. The van der Waals surface area contributed by atoms with Gasteiger partial charge in [-0.05, 0) is 93.8 Å². The number of fused-ring (bicyclic) bond motifs is 1. The first-order valence-corrected chi connectivity index (χ1v) is 13.1. The number of carbonyl (C=O) groups is 3. The third kappa shape index (κ3) is 7.06. The molecule has 1 aliphatic rings. The SMILES string of the molecule is O=C(N/N=C/c1ccc(OC(=O)c2ccccc2Br)cc1)/C(=C\c1ccc2c(c1)OCO2)NC(=O)c1ccccc1. The molecule has 2 amide bonds. The fourth-order valence-corrected chi connectivity index (χ4v) is 4.19. The van der Waals surface area contributed by atoms with Gasteiger partial charge in [0.1, 0.15) is 11.4 Å². The quantitative estimate of drug-likeness (QED) is 0.0916. The number of hydrogen-bond donors (Lipinski definition) is 2. The van der Waals surface area contributed by atoms with Crippen molar-refractivity contribution in [2.45, 2.75) is 0 Å². The van der Waals surface area contributed by atoms with E-state index in [0.717, 1.165) is 0 Å². The largest absolute Gasteiger partial charge is 0.454 e. The van der Waals surface area contributed by atoms with E-state index in [4.69, 9.17) is 14.2 Å². The monoisotopic (exact) mass is 611 g/mol. The molecule has 5 rings (SSSR count). The molecule has 10 heteroatoms. The lowest BCUT2D eigenvalue weighted by Crippen LogP contribution is -2.32. The first-order valence-electron chi connectivity index (χ1n) is 12.3. The molecular weight excluding hydrogens is 590 g/mol. The van der Waals surface area contributed by atoms with Crippen LogP contribution in [0.4, 0.5) is 0 Å². The number of esters is 1. The number of hydrogen-bond acceptors (Lipinski definition) is 7. The Balaban J connectivity index is 1.26. The van der Waals surface area contributed by atoms with E-state index in [9.17, 15) is 14.4 Å². The highest BCUT2D eigenvalue weighted by Gasteiger charge is 2.17. The summed E-state index contributed by atoms with van der Waals surface area (Å²) in [5.41, 5.74) is 4.46. The van der Waals surface area contributed by atoms with Crippen molar-refractivity contribution in [2.75, 3.05) is 6.79 Å². The predicted octanol–water partition coefficient (Wildman–Crippen LogP) is 5.32. The van der Waals surface area contributed by atoms with E-state index in [-0.39, 0.29) is 12.5 Å². The third-order valence-electron chi connectivity index (χ3n) is 5.80. The van der Waals surface area contributed by atoms with E-state index in [1.165, 1.54) is 12.3 Å². The minimum atomic E-state index is -0.637. The molecule has 0 saturated carbocycles. The summed E-state index contributed by atoms with van der Waals surface area (Å²) >= 11 is 3.34. The normalized spacial score (nSPS) is 12.2. The van der Waals surface area contributed by atoms with E-state index in [1.54, 1.807) is 97.1 Å². The van der Waals surface area contributed by atoms with Gasteiger partial charge in [-0.2, -0.15) is 5.10 Å². The van der Waals surface area contributed by atoms with Crippen molar-refractivity contribution in [2.24, 2.45) is 5.10 Å². The maximum absolute atomic E-state index is 13.1. The van der Waals surface area contributed by atoms with Gasteiger partial charge < -0.3 is 19.5 Å². The van der Waals surface area contributed by atoms with E-state index >= 15 is 0 Å². The molecule has 0 atom stereocenters. The molecule has 0 bridgehead atoms. The van der Waals surface area contributed by atoms with Gasteiger partial charge in [-0.1, -0.05) is 36.4 Å². The summed E-state index contributed by atoms with van der Waals surface area (Å²) in [6.45, 7) is 0.115. The molecule has 204 valence electrons. The number of amides is 2. The van der Waals surface area contributed by atoms with Crippen LogP contribution < -0.4 is 25.0 Å². The molecular formula is C31H22BrN3O6. The van der Waals surface area contributed by atoms with Gasteiger partial charge in [0.15, 0.2) is 11.5 Å². The summed E-state index contributed by atoms with van der Waals surface area (Å²) in [4.78, 5) is 38.3. The smallest absolute Gasteiger partial charge is 0.344 e. The van der Waals surface area contributed by atoms with Crippen molar-refractivity contribution in [1.29, 1.82) is 0 Å². The molecule has 0 aliphatic carbocycles. The Kier molecular flexibility index (Phi) is 8.51. The zero-order chi connectivity index (χ0) is 28.6. The molecule has 41 heavy (non-hydrogen) atoms. The molecule has 0 spiro atoms. The average molecular weight is 612 g/mol. The highest BCUT2D eigenvalue weighted by atomic mass is 79.9. The fourth-order valence-electron chi connectivity index (χ4n) is 3.75. The van der Waals surface area contributed by atoms with E-state index < -0.39 is 17.8 Å². The highest BCUT2D eigenvalue weighted by molar-refractivity contribution is 9.10. The second-order valence-electron chi connectivity index (χ2n) is 8.63. The maximum atomic E-state index is 13.1. The van der Waals surface area contributed by atoms with Crippen LogP contribution in [-0.2, 0) is 4.79 Å². The number of halogens is 1. The van der Waals surface area contributed by atoms with Gasteiger partial charge in [-0.25, -0.2) is 10.2 Å². The number of carbonyl (C=O) groups excluding carboxylic acids is 3. The summed E-state index contributed by atoms with van der Waals surface area (Å²) in [5.74, 6) is -0.0993. The molecule has 0 saturated heterocycles. The van der Waals surface area contributed by atoms with E-state index in [1.807, 2.05) is 0 Å². The molecule has 0 fully saturated rings. The van der Waals surface area contributed by atoms with E-state index in [2.05, 4.69) is 31.8 Å². The second kappa shape index (κ2) is 12.8. The minimum absolute atomic E-state index is 0.0239. The van der Waals surface area contributed by atoms with Crippen molar-refractivity contribution in [3.8, 4) is 17.2 Å². The van der Waals surface area contributed by atoms with Crippen LogP contribution in [0.1, 0.15) is 31.8 Å². The molecule has 4 aromatic carbocycles. The zero-order valence-corrected chi connectivity index (χ0v) is 23.0. The van der Waals surface area contributed by atoms with Crippen molar-refractivity contribution in [3.05, 3.63) is 129 Å². The fraction of sp³-hybridized carbons (Fsp3) is 0.0323. The van der Waals surface area contributed by atoms with Gasteiger partial charge in [0.2, 0.25) is 6.79 Å². The standard InChI is InChI=1S/C31H22BrN3O6/c32-25-9-5-4-8-24(25)31(38)41-23-13-10-20(11-14-23)18-33-35-30(37)26(34-29(36)22-6-2-1-3-7-22)16-21-12-15-27-28(17-21)40-19-39-27/h1-18H,19H2,(H,34,36)(H,35,37)/b26-16+,33-18+. The average Bonchev–Trinajstić information content (AvgIpc) is 3.46. The summed E-state index contributed by atoms with van der Waals surface area (Å²) in [7, 11) is 0.